The third kappa shape index (κ3) is 3.85. The molecule has 0 radical (unpaired) electrons. The Kier molecular flexibility index (Phi) is 5.15. The molecule has 1 fully saturated rings. The number of para-hydroxylation sites is 1. The summed E-state index contributed by atoms with van der Waals surface area (Å²) in [5.74, 6) is 1.25. The zero-order valence-electron chi connectivity index (χ0n) is 17.7. The van der Waals surface area contributed by atoms with E-state index in [9.17, 15) is 9.59 Å². The summed E-state index contributed by atoms with van der Waals surface area (Å²) in [7, 11) is 0. The summed E-state index contributed by atoms with van der Waals surface area (Å²) in [6.45, 7) is 4.11. The fourth-order valence-corrected chi connectivity index (χ4v) is 3.99. The summed E-state index contributed by atoms with van der Waals surface area (Å²) >= 11 is 0. The number of carbonyl (C=O) groups is 1. The number of hydrogen-bond acceptors (Lipinski definition) is 6. The van der Waals surface area contributed by atoms with Crippen molar-refractivity contribution in [3.8, 4) is 11.3 Å². The molecule has 4 aromatic rings. The van der Waals surface area contributed by atoms with Gasteiger partial charge in [-0.25, -0.2) is 14.8 Å². The molecule has 7 heteroatoms. The molecular formula is C25H22N4O3. The van der Waals surface area contributed by atoms with E-state index in [1.165, 1.54) is 0 Å². The Morgan fingerprint density at radius 3 is 2.41 bits per heavy atom. The minimum Gasteiger partial charge on any atom is -0.422 e. The van der Waals surface area contributed by atoms with E-state index in [-0.39, 0.29) is 11.5 Å². The van der Waals surface area contributed by atoms with E-state index >= 15 is 0 Å². The summed E-state index contributed by atoms with van der Waals surface area (Å²) in [6, 6.07) is 20.8. The molecule has 5 rings (SSSR count). The van der Waals surface area contributed by atoms with Gasteiger partial charge in [0, 0.05) is 43.2 Å². The van der Waals surface area contributed by atoms with Crippen LogP contribution < -0.4 is 10.5 Å². The van der Waals surface area contributed by atoms with E-state index in [2.05, 4.69) is 14.9 Å². The predicted molar refractivity (Wildman–Crippen MR) is 123 cm³/mol. The highest BCUT2D eigenvalue weighted by atomic mass is 16.4. The van der Waals surface area contributed by atoms with Crippen LogP contribution in [0.5, 0.6) is 0 Å². The first-order valence-electron chi connectivity index (χ1n) is 10.6. The third-order valence-electron chi connectivity index (χ3n) is 5.66. The molecule has 2 aromatic heterocycles. The Bertz CT molecular complexity index is 1340. The Morgan fingerprint density at radius 1 is 0.906 bits per heavy atom. The predicted octanol–water partition coefficient (Wildman–Crippen LogP) is 3.52. The standard InChI is InChI=1S/C25H22N4O3/c1-17-26-21(18-7-3-2-4-8-18)16-23(27-17)28-11-13-29(14-12-28)24(30)20-15-19-9-5-6-10-22(19)32-25(20)31/h2-10,15-16H,11-14H2,1H3. The summed E-state index contributed by atoms with van der Waals surface area (Å²) in [6.07, 6.45) is 0. The van der Waals surface area contributed by atoms with E-state index in [1.807, 2.05) is 55.5 Å². The lowest BCUT2D eigenvalue weighted by atomic mass is 10.1. The molecule has 2 aromatic carbocycles. The van der Waals surface area contributed by atoms with Crippen molar-refractivity contribution in [3.63, 3.8) is 0 Å². The number of carbonyl (C=O) groups excluding carboxylic acids is 1. The van der Waals surface area contributed by atoms with Gasteiger partial charge in [-0.3, -0.25) is 4.79 Å². The van der Waals surface area contributed by atoms with Crippen molar-refractivity contribution in [3.05, 3.63) is 88.5 Å². The second-order valence-electron chi connectivity index (χ2n) is 7.79. The first-order valence-corrected chi connectivity index (χ1v) is 10.6. The molecule has 1 amide bonds. The average Bonchev–Trinajstić information content (AvgIpc) is 2.83. The normalized spacial score (nSPS) is 14.0. The maximum atomic E-state index is 13.0. The van der Waals surface area contributed by atoms with Gasteiger partial charge in [-0.2, -0.15) is 0 Å². The van der Waals surface area contributed by atoms with Crippen molar-refractivity contribution >= 4 is 22.7 Å². The van der Waals surface area contributed by atoms with Gasteiger partial charge in [0.25, 0.3) is 5.91 Å². The molecule has 160 valence electrons. The minimum atomic E-state index is -0.602. The fourth-order valence-electron chi connectivity index (χ4n) is 3.99. The lowest BCUT2D eigenvalue weighted by Gasteiger charge is -2.35. The van der Waals surface area contributed by atoms with Gasteiger partial charge >= 0.3 is 5.63 Å². The number of amides is 1. The average molecular weight is 426 g/mol. The zero-order valence-corrected chi connectivity index (χ0v) is 17.7. The van der Waals surface area contributed by atoms with Gasteiger partial charge in [0.15, 0.2) is 0 Å². The van der Waals surface area contributed by atoms with Crippen LogP contribution in [-0.2, 0) is 0 Å². The van der Waals surface area contributed by atoms with Crippen molar-refractivity contribution in [1.82, 2.24) is 14.9 Å². The Hall–Kier alpha value is -4.00. The van der Waals surface area contributed by atoms with Gasteiger partial charge in [0.05, 0.1) is 5.69 Å². The number of fused-ring (bicyclic) bond motifs is 1. The first-order chi connectivity index (χ1) is 15.6. The molecule has 3 heterocycles. The topological polar surface area (TPSA) is 79.5 Å². The lowest BCUT2D eigenvalue weighted by Crippen LogP contribution is -2.49. The first kappa shape index (κ1) is 19.9. The number of benzene rings is 2. The molecule has 0 unspecified atom stereocenters. The van der Waals surface area contributed by atoms with Crippen LogP contribution >= 0.6 is 0 Å². The molecule has 1 aliphatic rings. The zero-order chi connectivity index (χ0) is 22.1. The van der Waals surface area contributed by atoms with Crippen LogP contribution in [-0.4, -0.2) is 47.0 Å². The SMILES string of the molecule is Cc1nc(-c2ccccc2)cc(N2CCN(C(=O)c3cc4ccccc4oc3=O)CC2)n1. The van der Waals surface area contributed by atoms with Crippen LogP contribution in [0.15, 0.2) is 75.9 Å². The highest BCUT2D eigenvalue weighted by molar-refractivity contribution is 5.96. The monoisotopic (exact) mass is 426 g/mol. The molecule has 7 nitrogen and oxygen atoms in total. The molecule has 0 spiro atoms. The maximum Gasteiger partial charge on any atom is 0.349 e. The van der Waals surface area contributed by atoms with E-state index in [4.69, 9.17) is 4.42 Å². The number of aromatic nitrogens is 2. The molecule has 0 bridgehead atoms. The van der Waals surface area contributed by atoms with Crippen LogP contribution in [0.1, 0.15) is 16.2 Å². The van der Waals surface area contributed by atoms with Gasteiger partial charge in [0.2, 0.25) is 0 Å². The second kappa shape index (κ2) is 8.26. The molecule has 1 aliphatic heterocycles. The van der Waals surface area contributed by atoms with Gasteiger partial charge in [-0.15, -0.1) is 0 Å². The number of rotatable bonds is 3. The van der Waals surface area contributed by atoms with Crippen molar-refractivity contribution in [2.45, 2.75) is 6.92 Å². The fraction of sp³-hybridized carbons (Fsp3) is 0.200. The second-order valence-corrected chi connectivity index (χ2v) is 7.79. The molecule has 0 atom stereocenters. The number of nitrogens with zero attached hydrogens (tertiary/aromatic N) is 4. The largest absolute Gasteiger partial charge is 0.422 e. The van der Waals surface area contributed by atoms with Gasteiger partial charge in [-0.1, -0.05) is 48.5 Å². The maximum absolute atomic E-state index is 13.0. The van der Waals surface area contributed by atoms with Crippen LogP contribution in [0.4, 0.5) is 5.82 Å². The quantitative estimate of drug-likeness (QED) is 0.467. The Labute approximate surface area is 184 Å². The van der Waals surface area contributed by atoms with Crippen LogP contribution in [0.3, 0.4) is 0 Å². The van der Waals surface area contributed by atoms with Gasteiger partial charge < -0.3 is 14.2 Å². The van der Waals surface area contributed by atoms with Gasteiger partial charge in [0.1, 0.15) is 22.8 Å². The van der Waals surface area contributed by atoms with E-state index in [0.29, 0.717) is 37.6 Å². The van der Waals surface area contributed by atoms with E-state index in [1.54, 1.807) is 23.1 Å². The van der Waals surface area contributed by atoms with Crippen LogP contribution in [0.25, 0.3) is 22.2 Å². The summed E-state index contributed by atoms with van der Waals surface area (Å²) in [5.41, 5.74) is 1.86. The Morgan fingerprint density at radius 2 is 1.62 bits per heavy atom. The summed E-state index contributed by atoms with van der Waals surface area (Å²) in [4.78, 5) is 38.4. The van der Waals surface area contributed by atoms with Gasteiger partial charge in [-0.05, 0) is 19.1 Å². The van der Waals surface area contributed by atoms with Crippen molar-refractivity contribution in [2.24, 2.45) is 0 Å². The highest BCUT2D eigenvalue weighted by Gasteiger charge is 2.26. The third-order valence-corrected chi connectivity index (χ3v) is 5.66. The van der Waals surface area contributed by atoms with Crippen LogP contribution in [0.2, 0.25) is 0 Å². The van der Waals surface area contributed by atoms with Crippen LogP contribution in [0, 0.1) is 6.92 Å². The number of piperazine rings is 1. The smallest absolute Gasteiger partial charge is 0.349 e. The number of hydrogen-bond donors (Lipinski definition) is 0. The van der Waals surface area contributed by atoms with Crippen molar-refractivity contribution in [1.29, 1.82) is 0 Å². The highest BCUT2D eigenvalue weighted by Crippen LogP contribution is 2.23. The molecule has 1 saturated heterocycles. The summed E-state index contributed by atoms with van der Waals surface area (Å²) < 4.78 is 5.33. The van der Waals surface area contributed by atoms with Crippen molar-refractivity contribution < 1.29 is 9.21 Å². The summed E-state index contributed by atoms with van der Waals surface area (Å²) in [5, 5.41) is 0.735. The molecule has 0 N–H and O–H groups in total. The minimum absolute atomic E-state index is 0.0707. The Balaban J connectivity index is 1.34. The number of anilines is 1. The van der Waals surface area contributed by atoms with E-state index in [0.717, 1.165) is 22.5 Å². The molecule has 0 aliphatic carbocycles. The molecular weight excluding hydrogens is 404 g/mol. The molecule has 32 heavy (non-hydrogen) atoms. The number of aryl methyl sites for hydroxylation is 1. The molecule has 0 saturated carbocycles. The lowest BCUT2D eigenvalue weighted by molar-refractivity contribution is 0.0742. The van der Waals surface area contributed by atoms with Crippen molar-refractivity contribution in [2.75, 3.05) is 31.1 Å². The van der Waals surface area contributed by atoms with E-state index < -0.39 is 5.63 Å².